The van der Waals surface area contributed by atoms with Crippen LogP contribution in [-0.4, -0.2) is 23.4 Å². The molecule has 1 aromatic carbocycles. The van der Waals surface area contributed by atoms with Crippen molar-refractivity contribution in [3.63, 3.8) is 0 Å². The highest BCUT2D eigenvalue weighted by Gasteiger charge is 2.23. The van der Waals surface area contributed by atoms with E-state index in [1.54, 1.807) is 0 Å². The average Bonchev–Trinajstić information content (AvgIpc) is 2.30. The molecule has 0 radical (unpaired) electrons. The lowest BCUT2D eigenvalue weighted by atomic mass is 9.85. The molecule has 0 saturated carbocycles. The summed E-state index contributed by atoms with van der Waals surface area (Å²) in [5, 5.41) is 18.3. The first-order chi connectivity index (χ1) is 7.20. The molecule has 0 bridgehead atoms. The van der Waals surface area contributed by atoms with Crippen molar-refractivity contribution in [1.82, 2.24) is 0 Å². The van der Waals surface area contributed by atoms with Gasteiger partial charge < -0.3 is 15.9 Å². The molecule has 0 aliphatic carbocycles. The van der Waals surface area contributed by atoms with E-state index in [-0.39, 0.29) is 31.1 Å². The normalized spacial score (nSPS) is 17.1. The maximum atomic E-state index is 9.27. The Morgan fingerprint density at radius 1 is 1.13 bits per heavy atom. The zero-order valence-electron chi connectivity index (χ0n) is 9.00. The molecule has 3 atom stereocenters. The molecule has 0 aliphatic heterocycles. The van der Waals surface area contributed by atoms with E-state index in [0.717, 1.165) is 5.56 Å². The fourth-order valence-electron chi connectivity index (χ4n) is 1.71. The lowest BCUT2D eigenvalue weighted by molar-refractivity contribution is 0.112. The zero-order valence-corrected chi connectivity index (χ0v) is 9.00. The molecule has 1 aromatic rings. The first-order valence-corrected chi connectivity index (χ1v) is 5.23. The Morgan fingerprint density at radius 2 is 1.73 bits per heavy atom. The number of aliphatic hydroxyl groups is 2. The molecule has 0 aromatic heterocycles. The summed E-state index contributed by atoms with van der Waals surface area (Å²) in [5.41, 5.74) is 7.05. The molecule has 1 rings (SSSR count). The Labute approximate surface area is 90.5 Å². The molecular weight excluding hydrogens is 190 g/mol. The maximum Gasteiger partial charge on any atom is 0.0480 e. The van der Waals surface area contributed by atoms with Crippen LogP contribution in [-0.2, 0) is 0 Å². The topological polar surface area (TPSA) is 66.5 Å². The summed E-state index contributed by atoms with van der Waals surface area (Å²) in [5.74, 6) is -0.0948. The summed E-state index contributed by atoms with van der Waals surface area (Å²) in [4.78, 5) is 0. The van der Waals surface area contributed by atoms with Gasteiger partial charge in [0, 0.05) is 25.2 Å². The van der Waals surface area contributed by atoms with Crippen LogP contribution in [0.25, 0.3) is 0 Å². The van der Waals surface area contributed by atoms with Gasteiger partial charge in [0.25, 0.3) is 0 Å². The summed E-state index contributed by atoms with van der Waals surface area (Å²) in [6.45, 7) is 1.94. The molecule has 3 heteroatoms. The quantitative estimate of drug-likeness (QED) is 0.675. The second-order valence-electron chi connectivity index (χ2n) is 3.94. The number of nitrogens with two attached hydrogens (primary N) is 1. The molecule has 0 aliphatic rings. The van der Waals surface area contributed by atoms with Crippen molar-refractivity contribution >= 4 is 0 Å². The van der Waals surface area contributed by atoms with E-state index in [1.807, 2.05) is 37.3 Å². The summed E-state index contributed by atoms with van der Waals surface area (Å²) < 4.78 is 0. The molecular formula is C12H19NO2. The van der Waals surface area contributed by atoms with Crippen LogP contribution < -0.4 is 5.73 Å². The fourth-order valence-corrected chi connectivity index (χ4v) is 1.71. The largest absolute Gasteiger partial charge is 0.396 e. The first-order valence-electron chi connectivity index (χ1n) is 5.23. The standard InChI is InChI=1S/C12H19NO2/c1-9(7-14)11(8-15)12(13)10-5-3-2-4-6-10/h2-6,9,11-12,14-15H,7-8,13H2,1H3/t9-,11+,12-/m0/s1. The predicted molar refractivity (Wildman–Crippen MR) is 60.2 cm³/mol. The maximum absolute atomic E-state index is 9.27. The van der Waals surface area contributed by atoms with Gasteiger partial charge in [0.05, 0.1) is 0 Å². The summed E-state index contributed by atoms with van der Waals surface area (Å²) in [6.07, 6.45) is 0. The van der Waals surface area contributed by atoms with E-state index in [0.29, 0.717) is 0 Å². The molecule has 0 heterocycles. The second kappa shape index (κ2) is 5.85. The van der Waals surface area contributed by atoms with Crippen LogP contribution in [0.2, 0.25) is 0 Å². The van der Waals surface area contributed by atoms with Crippen molar-refractivity contribution in [3.05, 3.63) is 35.9 Å². The van der Waals surface area contributed by atoms with Crippen molar-refractivity contribution in [2.45, 2.75) is 13.0 Å². The average molecular weight is 209 g/mol. The van der Waals surface area contributed by atoms with Crippen LogP contribution in [0.1, 0.15) is 18.5 Å². The number of hydrogen-bond donors (Lipinski definition) is 3. The Morgan fingerprint density at radius 3 is 2.20 bits per heavy atom. The van der Waals surface area contributed by atoms with Crippen LogP contribution in [0.4, 0.5) is 0 Å². The van der Waals surface area contributed by atoms with Crippen molar-refractivity contribution in [2.24, 2.45) is 17.6 Å². The van der Waals surface area contributed by atoms with E-state index in [1.165, 1.54) is 0 Å². The Balaban J connectivity index is 2.77. The van der Waals surface area contributed by atoms with Gasteiger partial charge >= 0.3 is 0 Å². The Bertz CT molecular complexity index is 276. The lowest BCUT2D eigenvalue weighted by Gasteiger charge is -2.26. The number of rotatable bonds is 5. The smallest absolute Gasteiger partial charge is 0.0480 e. The minimum absolute atomic E-state index is 0.00219. The minimum Gasteiger partial charge on any atom is -0.396 e. The third kappa shape index (κ3) is 3.02. The van der Waals surface area contributed by atoms with Crippen LogP contribution in [0, 0.1) is 11.8 Å². The van der Waals surface area contributed by atoms with Gasteiger partial charge in [-0.2, -0.15) is 0 Å². The van der Waals surface area contributed by atoms with E-state index < -0.39 is 0 Å². The van der Waals surface area contributed by atoms with Gasteiger partial charge in [0.1, 0.15) is 0 Å². The highest BCUT2D eigenvalue weighted by atomic mass is 16.3. The Hall–Kier alpha value is -0.900. The molecule has 84 valence electrons. The van der Waals surface area contributed by atoms with Crippen LogP contribution in [0.15, 0.2) is 30.3 Å². The molecule has 0 saturated heterocycles. The molecule has 0 amide bonds. The second-order valence-corrected chi connectivity index (χ2v) is 3.94. The summed E-state index contributed by atoms with van der Waals surface area (Å²) in [7, 11) is 0. The molecule has 0 fully saturated rings. The molecule has 0 spiro atoms. The van der Waals surface area contributed by atoms with Crippen molar-refractivity contribution in [2.75, 3.05) is 13.2 Å². The minimum atomic E-state index is -0.224. The van der Waals surface area contributed by atoms with E-state index >= 15 is 0 Å². The van der Waals surface area contributed by atoms with Gasteiger partial charge in [-0.1, -0.05) is 37.3 Å². The predicted octanol–water partition coefficient (Wildman–Crippen LogP) is 0.923. The van der Waals surface area contributed by atoms with Gasteiger partial charge in [-0.15, -0.1) is 0 Å². The SMILES string of the molecule is C[C@@H](CO)[C@@H](CO)[C@@H](N)c1ccccc1. The number of aliphatic hydroxyl groups excluding tert-OH is 2. The van der Waals surface area contributed by atoms with Crippen LogP contribution >= 0.6 is 0 Å². The lowest BCUT2D eigenvalue weighted by Crippen LogP contribution is -2.31. The third-order valence-corrected chi connectivity index (χ3v) is 2.88. The van der Waals surface area contributed by atoms with E-state index in [4.69, 9.17) is 10.8 Å². The van der Waals surface area contributed by atoms with Crippen molar-refractivity contribution < 1.29 is 10.2 Å². The Kier molecular flexibility index (Phi) is 4.75. The zero-order chi connectivity index (χ0) is 11.3. The molecule has 3 nitrogen and oxygen atoms in total. The van der Waals surface area contributed by atoms with Gasteiger partial charge in [-0.05, 0) is 11.5 Å². The highest BCUT2D eigenvalue weighted by molar-refractivity contribution is 5.19. The van der Waals surface area contributed by atoms with Crippen molar-refractivity contribution in [1.29, 1.82) is 0 Å². The third-order valence-electron chi connectivity index (χ3n) is 2.88. The molecule has 15 heavy (non-hydrogen) atoms. The van der Waals surface area contributed by atoms with Gasteiger partial charge in [0.2, 0.25) is 0 Å². The monoisotopic (exact) mass is 209 g/mol. The van der Waals surface area contributed by atoms with Crippen LogP contribution in [0.5, 0.6) is 0 Å². The number of hydrogen-bond acceptors (Lipinski definition) is 3. The molecule has 0 unspecified atom stereocenters. The van der Waals surface area contributed by atoms with Gasteiger partial charge in [0.15, 0.2) is 0 Å². The first kappa shape index (κ1) is 12.2. The molecule has 4 N–H and O–H groups in total. The van der Waals surface area contributed by atoms with E-state index in [9.17, 15) is 5.11 Å². The van der Waals surface area contributed by atoms with Gasteiger partial charge in [-0.25, -0.2) is 0 Å². The summed E-state index contributed by atoms with van der Waals surface area (Å²) >= 11 is 0. The highest BCUT2D eigenvalue weighted by Crippen LogP contribution is 2.25. The fraction of sp³-hybridized carbons (Fsp3) is 0.500. The van der Waals surface area contributed by atoms with Gasteiger partial charge in [-0.3, -0.25) is 0 Å². The summed E-state index contributed by atoms with van der Waals surface area (Å²) in [6, 6.07) is 9.44. The van der Waals surface area contributed by atoms with Crippen LogP contribution in [0.3, 0.4) is 0 Å². The van der Waals surface area contributed by atoms with E-state index in [2.05, 4.69) is 0 Å². The van der Waals surface area contributed by atoms with Crippen molar-refractivity contribution in [3.8, 4) is 0 Å². The number of benzene rings is 1.